The predicted octanol–water partition coefficient (Wildman–Crippen LogP) is 4.11. The molecule has 1 heteroatoms. The highest BCUT2D eigenvalue weighted by molar-refractivity contribution is 7.23. The summed E-state index contributed by atoms with van der Waals surface area (Å²) in [6, 6.07) is 0. The quantitative estimate of drug-likeness (QED) is 0.318. The first-order valence-electron chi connectivity index (χ1n) is 4.53. The van der Waals surface area contributed by atoms with E-state index in [0.29, 0.717) is 0 Å². The molecule has 0 fully saturated rings. The van der Waals surface area contributed by atoms with E-state index >= 15 is 0 Å². The molecule has 0 aromatic carbocycles. The van der Waals surface area contributed by atoms with Crippen molar-refractivity contribution < 1.29 is 0 Å². The van der Waals surface area contributed by atoms with E-state index in [0.717, 1.165) is 6.42 Å². The Morgan fingerprint density at radius 3 is 2.27 bits per heavy atom. The fraction of sp³-hybridized carbons (Fsp3) is 0.800. The molecule has 0 N–H and O–H groups in total. The number of unbranched alkanes of at least 4 members (excludes halogenated alkanes) is 6. The summed E-state index contributed by atoms with van der Waals surface area (Å²) in [5, 5.41) is 0. The fourth-order valence-electron chi connectivity index (χ4n) is 1.05. The zero-order chi connectivity index (χ0) is 8.36. The van der Waals surface area contributed by atoms with Gasteiger partial charge >= 0.3 is 0 Å². The van der Waals surface area contributed by atoms with Crippen molar-refractivity contribution in [3.05, 3.63) is 0 Å². The summed E-state index contributed by atoms with van der Waals surface area (Å²) in [6.07, 6.45) is 9.09. The van der Waals surface area contributed by atoms with Crippen LogP contribution in [0.4, 0.5) is 0 Å². The minimum atomic E-state index is 1.02. The van der Waals surface area contributed by atoms with Crippen molar-refractivity contribution in [1.29, 1.82) is 0 Å². The highest BCUT2D eigenvalue weighted by atomic mass is 31.0. The van der Waals surface area contributed by atoms with Crippen molar-refractivity contribution in [3.63, 3.8) is 0 Å². The van der Waals surface area contributed by atoms with Crippen LogP contribution in [0.5, 0.6) is 0 Å². The Kier molecular flexibility index (Phi) is 9.98. The Labute approximate surface area is 73.4 Å². The van der Waals surface area contributed by atoms with E-state index < -0.39 is 0 Å². The van der Waals surface area contributed by atoms with Crippen LogP contribution in [0.25, 0.3) is 0 Å². The van der Waals surface area contributed by atoms with Crippen LogP contribution in [-0.4, -0.2) is 0 Å². The number of hydrogen-bond donors (Lipinski definition) is 0. The number of rotatable bonds is 6. The monoisotopic (exact) mass is 168 g/mol. The molecule has 62 valence electrons. The standard InChI is InChI=1S/C10H17P/c1-2-3-4-5-6-7-8-9-10-11/h2-8H2,1H3. The van der Waals surface area contributed by atoms with Crippen LogP contribution >= 0.6 is 9.24 Å². The van der Waals surface area contributed by atoms with Gasteiger partial charge in [0.2, 0.25) is 0 Å². The number of hydrogen-bond acceptors (Lipinski definition) is 0. The van der Waals surface area contributed by atoms with Crippen molar-refractivity contribution >= 4 is 9.24 Å². The van der Waals surface area contributed by atoms with Gasteiger partial charge in [-0.2, -0.15) is 0 Å². The summed E-state index contributed by atoms with van der Waals surface area (Å²) < 4.78 is 0. The Balaban J connectivity index is 2.83. The average Bonchev–Trinajstić information content (AvgIpc) is 2.03. The third-order valence-corrected chi connectivity index (χ3v) is 1.89. The first kappa shape index (κ1) is 11.0. The van der Waals surface area contributed by atoms with Crippen LogP contribution in [0.3, 0.4) is 0 Å². The molecule has 0 aromatic rings. The third kappa shape index (κ3) is 9.99. The first-order valence-corrected chi connectivity index (χ1v) is 4.98. The van der Waals surface area contributed by atoms with E-state index in [9.17, 15) is 0 Å². The van der Waals surface area contributed by atoms with Crippen molar-refractivity contribution in [3.8, 4) is 11.6 Å². The maximum atomic E-state index is 3.82. The molecule has 2 radical (unpaired) electrons. The smallest absolute Gasteiger partial charge is 0.0586 e. The lowest BCUT2D eigenvalue weighted by Gasteiger charge is -1.96. The van der Waals surface area contributed by atoms with Crippen LogP contribution < -0.4 is 0 Å². The SMILES string of the molecule is CCCCCCCCC#C[P]. The van der Waals surface area contributed by atoms with Gasteiger partial charge in [-0.3, -0.25) is 0 Å². The molecule has 0 aromatic heterocycles. The average molecular weight is 168 g/mol. The van der Waals surface area contributed by atoms with E-state index in [1.165, 1.54) is 38.5 Å². The van der Waals surface area contributed by atoms with Crippen molar-refractivity contribution in [2.45, 2.75) is 51.9 Å². The second-order valence-corrected chi connectivity index (χ2v) is 3.03. The topological polar surface area (TPSA) is 0 Å². The highest BCUT2D eigenvalue weighted by Crippen LogP contribution is 2.05. The molecule has 0 aliphatic carbocycles. The second kappa shape index (κ2) is 9.99. The van der Waals surface area contributed by atoms with E-state index in [1.54, 1.807) is 0 Å². The normalized spacial score (nSPS) is 8.91. The van der Waals surface area contributed by atoms with Gasteiger partial charge in [-0.15, -0.1) is 0 Å². The van der Waals surface area contributed by atoms with Crippen LogP contribution in [0, 0.1) is 11.6 Å². The summed E-state index contributed by atoms with van der Waals surface area (Å²) in [7, 11) is 3.82. The largest absolute Gasteiger partial charge is 0.0979 e. The highest BCUT2D eigenvalue weighted by Gasteiger charge is 1.87. The summed E-state index contributed by atoms with van der Waals surface area (Å²) >= 11 is 0. The van der Waals surface area contributed by atoms with E-state index in [-0.39, 0.29) is 0 Å². The fourth-order valence-corrected chi connectivity index (χ4v) is 1.16. The van der Waals surface area contributed by atoms with Crippen molar-refractivity contribution in [1.82, 2.24) is 0 Å². The molecule has 0 bridgehead atoms. The molecule has 0 heterocycles. The Hall–Kier alpha value is -0.0100. The molecule has 0 rings (SSSR count). The van der Waals surface area contributed by atoms with Gasteiger partial charge in [-0.1, -0.05) is 50.6 Å². The van der Waals surface area contributed by atoms with Crippen LogP contribution in [0.2, 0.25) is 0 Å². The van der Waals surface area contributed by atoms with Crippen molar-refractivity contribution in [2.24, 2.45) is 0 Å². The Morgan fingerprint density at radius 2 is 1.64 bits per heavy atom. The first-order chi connectivity index (χ1) is 5.41. The lowest BCUT2D eigenvalue weighted by molar-refractivity contribution is 0.614. The summed E-state index contributed by atoms with van der Waals surface area (Å²) in [6.45, 7) is 2.24. The third-order valence-electron chi connectivity index (χ3n) is 1.73. The van der Waals surface area contributed by atoms with Gasteiger partial charge in [0.25, 0.3) is 0 Å². The van der Waals surface area contributed by atoms with Crippen molar-refractivity contribution in [2.75, 3.05) is 0 Å². The van der Waals surface area contributed by atoms with Gasteiger partial charge < -0.3 is 0 Å². The van der Waals surface area contributed by atoms with E-state index in [4.69, 9.17) is 0 Å². The van der Waals surface area contributed by atoms with Gasteiger partial charge in [0, 0.05) is 6.42 Å². The molecule has 0 saturated carbocycles. The molecule has 0 nitrogen and oxygen atoms in total. The lowest BCUT2D eigenvalue weighted by Crippen LogP contribution is -1.77. The minimum absolute atomic E-state index is 1.02. The zero-order valence-electron chi connectivity index (χ0n) is 7.40. The summed E-state index contributed by atoms with van der Waals surface area (Å²) in [5.74, 6) is 2.95. The van der Waals surface area contributed by atoms with Gasteiger partial charge in [-0.25, -0.2) is 0 Å². The lowest BCUT2D eigenvalue weighted by atomic mass is 10.1. The molecule has 0 saturated heterocycles. The molecule has 0 unspecified atom stereocenters. The molecule has 0 spiro atoms. The summed E-state index contributed by atoms with van der Waals surface area (Å²) in [5.41, 5.74) is 2.61. The Morgan fingerprint density at radius 1 is 1.00 bits per heavy atom. The Bertz CT molecular complexity index is 119. The van der Waals surface area contributed by atoms with E-state index in [2.05, 4.69) is 27.7 Å². The van der Waals surface area contributed by atoms with Gasteiger partial charge in [0.1, 0.15) is 0 Å². The maximum Gasteiger partial charge on any atom is 0.0586 e. The predicted molar refractivity (Wildman–Crippen MR) is 52.7 cm³/mol. The molecular weight excluding hydrogens is 151 g/mol. The molecule has 11 heavy (non-hydrogen) atoms. The van der Waals surface area contributed by atoms with Crippen LogP contribution in [-0.2, 0) is 0 Å². The molecule has 0 amide bonds. The molecule has 0 aliphatic heterocycles. The van der Waals surface area contributed by atoms with Gasteiger partial charge in [0.15, 0.2) is 0 Å². The van der Waals surface area contributed by atoms with Crippen LogP contribution in [0.1, 0.15) is 51.9 Å². The maximum absolute atomic E-state index is 3.82. The zero-order valence-corrected chi connectivity index (χ0v) is 8.29. The molecule has 0 aliphatic rings. The minimum Gasteiger partial charge on any atom is -0.0979 e. The van der Waals surface area contributed by atoms with Gasteiger partial charge in [-0.05, 0) is 6.42 Å². The summed E-state index contributed by atoms with van der Waals surface area (Å²) in [4.78, 5) is 0. The second-order valence-electron chi connectivity index (χ2n) is 2.81. The van der Waals surface area contributed by atoms with Crippen LogP contribution in [0.15, 0.2) is 0 Å². The molecular formula is C10H17P. The van der Waals surface area contributed by atoms with E-state index in [1.807, 2.05) is 0 Å². The van der Waals surface area contributed by atoms with Gasteiger partial charge in [0.05, 0.1) is 9.24 Å². The molecule has 0 atom stereocenters.